The third kappa shape index (κ3) is 3.02. The van der Waals surface area contributed by atoms with Crippen molar-refractivity contribution in [2.75, 3.05) is 13.2 Å². The zero-order valence-corrected chi connectivity index (χ0v) is 14.6. The number of amides is 2. The number of carbonyl (C=O) groups is 2. The fourth-order valence-electron chi connectivity index (χ4n) is 4.03. The van der Waals surface area contributed by atoms with Gasteiger partial charge < -0.3 is 4.74 Å². The fraction of sp³-hybridized carbons (Fsp3) is 0.300. The van der Waals surface area contributed by atoms with Gasteiger partial charge in [0.15, 0.2) is 0 Å². The minimum atomic E-state index is -0.725. The molecule has 0 N–H and O–H groups in total. The Morgan fingerprint density at radius 1 is 1.11 bits per heavy atom. The molecule has 136 valence electrons. The topological polar surface area (TPSA) is 95.4 Å². The van der Waals surface area contributed by atoms with E-state index in [2.05, 4.69) is 34.3 Å². The number of azide groups is 1. The zero-order valence-electron chi connectivity index (χ0n) is 14.6. The lowest BCUT2D eigenvalue weighted by Crippen LogP contribution is -2.40. The van der Waals surface area contributed by atoms with E-state index in [0.717, 1.165) is 22.3 Å². The van der Waals surface area contributed by atoms with Gasteiger partial charge in [-0.1, -0.05) is 48.5 Å². The number of fused-ring (bicyclic) bond motifs is 3. The van der Waals surface area contributed by atoms with E-state index in [-0.39, 0.29) is 12.5 Å². The first-order valence-electron chi connectivity index (χ1n) is 8.91. The molecule has 0 saturated carbocycles. The molecule has 0 spiro atoms. The third-order valence-corrected chi connectivity index (χ3v) is 5.25. The van der Waals surface area contributed by atoms with Gasteiger partial charge in [0.25, 0.3) is 0 Å². The van der Waals surface area contributed by atoms with E-state index in [9.17, 15) is 9.59 Å². The Labute approximate surface area is 156 Å². The number of likely N-dealkylation sites (tertiary alicyclic amines) is 1. The van der Waals surface area contributed by atoms with Gasteiger partial charge in [0.05, 0.1) is 0 Å². The van der Waals surface area contributed by atoms with Crippen LogP contribution in [0.25, 0.3) is 21.6 Å². The summed E-state index contributed by atoms with van der Waals surface area (Å²) in [4.78, 5) is 28.3. The van der Waals surface area contributed by atoms with Crippen LogP contribution in [-0.2, 0) is 9.53 Å². The van der Waals surface area contributed by atoms with Crippen LogP contribution < -0.4 is 0 Å². The Balaban J connectivity index is 1.51. The Bertz CT molecular complexity index is 906. The van der Waals surface area contributed by atoms with E-state index in [4.69, 9.17) is 10.3 Å². The maximum absolute atomic E-state index is 12.6. The Hall–Kier alpha value is -3.31. The van der Waals surface area contributed by atoms with Gasteiger partial charge in [-0.25, -0.2) is 4.79 Å². The molecular weight excluding hydrogens is 344 g/mol. The fourth-order valence-corrected chi connectivity index (χ4v) is 4.03. The Kier molecular flexibility index (Phi) is 4.52. The standard InChI is InChI=1S/C20H18N4O3/c21-23-22-19(25)18-10-5-11-24(18)20(26)27-12-17-15-8-3-1-6-13(15)14-7-2-4-9-16(14)17/h1-4,6-9,17-18H,5,10-12H2/t18-/m0/s1. The van der Waals surface area contributed by atoms with Crippen molar-refractivity contribution in [2.24, 2.45) is 5.11 Å². The molecule has 0 radical (unpaired) electrons. The van der Waals surface area contributed by atoms with Crippen molar-refractivity contribution in [1.82, 2.24) is 4.90 Å². The molecule has 2 aromatic rings. The van der Waals surface area contributed by atoms with E-state index >= 15 is 0 Å². The van der Waals surface area contributed by atoms with E-state index in [0.29, 0.717) is 19.4 Å². The van der Waals surface area contributed by atoms with Crippen LogP contribution in [0.5, 0.6) is 0 Å². The summed E-state index contributed by atoms with van der Waals surface area (Å²) in [6.45, 7) is 0.625. The Morgan fingerprint density at radius 2 is 1.74 bits per heavy atom. The second kappa shape index (κ2) is 7.13. The predicted molar refractivity (Wildman–Crippen MR) is 99.0 cm³/mol. The average molecular weight is 362 g/mol. The summed E-state index contributed by atoms with van der Waals surface area (Å²) in [6, 6.07) is 15.5. The quantitative estimate of drug-likeness (QED) is 0.464. The number of ether oxygens (including phenoxy) is 1. The van der Waals surface area contributed by atoms with Crippen LogP contribution in [0.15, 0.2) is 53.6 Å². The monoisotopic (exact) mass is 362 g/mol. The molecule has 1 saturated heterocycles. The van der Waals surface area contributed by atoms with Crippen LogP contribution in [0.3, 0.4) is 0 Å². The van der Waals surface area contributed by atoms with Crippen molar-refractivity contribution in [1.29, 1.82) is 0 Å². The summed E-state index contributed by atoms with van der Waals surface area (Å²) in [5.74, 6) is -0.668. The SMILES string of the molecule is [N-]=[N+]=NC(=O)[C@@H]1CCCN1C(=O)OCC1c2ccccc2-c2ccccc21. The first-order valence-corrected chi connectivity index (χ1v) is 8.91. The average Bonchev–Trinajstić information content (AvgIpc) is 3.30. The number of nitrogens with zero attached hydrogens (tertiary/aromatic N) is 4. The number of carbonyl (C=O) groups excluding carboxylic acids is 2. The maximum atomic E-state index is 12.6. The van der Waals surface area contributed by atoms with Crippen LogP contribution in [0.4, 0.5) is 4.79 Å². The van der Waals surface area contributed by atoms with Gasteiger partial charge in [-0.05, 0) is 45.7 Å². The summed E-state index contributed by atoms with van der Waals surface area (Å²) >= 11 is 0. The molecule has 1 atom stereocenters. The minimum absolute atomic E-state index is 0.0322. The largest absolute Gasteiger partial charge is 0.448 e. The van der Waals surface area contributed by atoms with Gasteiger partial charge in [-0.3, -0.25) is 9.69 Å². The molecule has 0 aromatic heterocycles. The van der Waals surface area contributed by atoms with Gasteiger partial charge in [-0.2, -0.15) is 0 Å². The second-order valence-corrected chi connectivity index (χ2v) is 6.68. The third-order valence-electron chi connectivity index (χ3n) is 5.25. The second-order valence-electron chi connectivity index (χ2n) is 6.68. The highest BCUT2D eigenvalue weighted by molar-refractivity contribution is 5.87. The van der Waals surface area contributed by atoms with E-state index in [1.54, 1.807) is 0 Å². The molecule has 1 heterocycles. The molecule has 4 rings (SSSR count). The van der Waals surface area contributed by atoms with Crippen molar-refractivity contribution in [3.8, 4) is 11.1 Å². The van der Waals surface area contributed by atoms with Gasteiger partial charge in [-0.15, -0.1) is 0 Å². The zero-order chi connectivity index (χ0) is 18.8. The molecule has 7 heteroatoms. The van der Waals surface area contributed by atoms with Gasteiger partial charge >= 0.3 is 6.09 Å². The number of hydrogen-bond donors (Lipinski definition) is 0. The maximum Gasteiger partial charge on any atom is 0.410 e. The van der Waals surface area contributed by atoms with Crippen molar-refractivity contribution in [3.05, 3.63) is 70.1 Å². The molecule has 27 heavy (non-hydrogen) atoms. The van der Waals surface area contributed by atoms with E-state index < -0.39 is 18.0 Å². The van der Waals surface area contributed by atoms with Crippen LogP contribution >= 0.6 is 0 Å². The highest BCUT2D eigenvalue weighted by Gasteiger charge is 2.36. The first-order chi connectivity index (χ1) is 13.2. The molecule has 2 amide bonds. The normalized spacial score (nSPS) is 17.8. The molecule has 1 fully saturated rings. The van der Waals surface area contributed by atoms with Crippen molar-refractivity contribution in [2.45, 2.75) is 24.8 Å². The number of hydrogen-bond acceptors (Lipinski definition) is 3. The van der Waals surface area contributed by atoms with E-state index in [1.165, 1.54) is 4.90 Å². The highest BCUT2D eigenvalue weighted by atomic mass is 16.6. The smallest absolute Gasteiger partial charge is 0.410 e. The minimum Gasteiger partial charge on any atom is -0.448 e. The highest BCUT2D eigenvalue weighted by Crippen LogP contribution is 2.44. The van der Waals surface area contributed by atoms with Crippen LogP contribution in [-0.4, -0.2) is 36.1 Å². The number of benzene rings is 2. The summed E-state index contributed by atoms with van der Waals surface area (Å²) < 4.78 is 5.58. The predicted octanol–water partition coefficient (Wildman–Crippen LogP) is 4.24. The van der Waals surface area contributed by atoms with Gasteiger partial charge in [0.1, 0.15) is 12.6 Å². The lowest BCUT2D eigenvalue weighted by atomic mass is 9.98. The molecule has 1 aliphatic carbocycles. The Morgan fingerprint density at radius 3 is 2.37 bits per heavy atom. The molecule has 0 bridgehead atoms. The lowest BCUT2D eigenvalue weighted by Gasteiger charge is -2.23. The van der Waals surface area contributed by atoms with Crippen molar-refractivity contribution in [3.63, 3.8) is 0 Å². The summed E-state index contributed by atoms with van der Waals surface area (Å²) in [7, 11) is 0. The van der Waals surface area contributed by atoms with E-state index in [1.807, 2.05) is 24.3 Å². The molecule has 1 aliphatic heterocycles. The lowest BCUT2D eigenvalue weighted by molar-refractivity contribution is -0.121. The molecular formula is C20H18N4O3. The number of rotatable bonds is 3. The van der Waals surface area contributed by atoms with Crippen LogP contribution in [0.1, 0.15) is 29.9 Å². The van der Waals surface area contributed by atoms with Crippen molar-refractivity contribution < 1.29 is 14.3 Å². The first kappa shape index (κ1) is 17.1. The van der Waals surface area contributed by atoms with Crippen LogP contribution in [0.2, 0.25) is 0 Å². The van der Waals surface area contributed by atoms with Gasteiger partial charge in [0, 0.05) is 17.4 Å². The van der Waals surface area contributed by atoms with Crippen LogP contribution in [0, 0.1) is 0 Å². The molecule has 0 unspecified atom stereocenters. The van der Waals surface area contributed by atoms with Crippen molar-refractivity contribution >= 4 is 12.0 Å². The van der Waals surface area contributed by atoms with Gasteiger partial charge in [0.2, 0.25) is 5.91 Å². The summed E-state index contributed by atoms with van der Waals surface area (Å²) in [5.41, 5.74) is 13.0. The molecule has 7 nitrogen and oxygen atoms in total. The molecule has 2 aromatic carbocycles. The summed E-state index contributed by atoms with van der Waals surface area (Å²) in [6.07, 6.45) is 0.629. The molecule has 2 aliphatic rings. The summed E-state index contributed by atoms with van der Waals surface area (Å²) in [5, 5.41) is 3.13.